The van der Waals surface area contributed by atoms with Gasteiger partial charge < -0.3 is 20.1 Å². The Morgan fingerprint density at radius 1 is 1.00 bits per heavy atom. The summed E-state index contributed by atoms with van der Waals surface area (Å²) in [5, 5.41) is 5.45. The Hall–Kier alpha value is -3.28. The van der Waals surface area contributed by atoms with E-state index in [0.29, 0.717) is 22.7 Å². The van der Waals surface area contributed by atoms with Crippen molar-refractivity contribution < 1.29 is 19.1 Å². The molecule has 2 amide bonds. The normalized spacial score (nSPS) is 10.7. The van der Waals surface area contributed by atoms with Gasteiger partial charge in [-0.2, -0.15) is 0 Å². The van der Waals surface area contributed by atoms with Crippen molar-refractivity contribution in [1.82, 2.24) is 5.32 Å². The van der Waals surface area contributed by atoms with Crippen molar-refractivity contribution in [3.8, 4) is 11.5 Å². The number of urea groups is 1. The fourth-order valence-electron chi connectivity index (χ4n) is 2.37. The summed E-state index contributed by atoms with van der Waals surface area (Å²) in [6.07, 6.45) is 3.18. The number of amides is 2. The summed E-state index contributed by atoms with van der Waals surface area (Å²) in [4.78, 5) is 24.1. The molecular formula is C21H24N2O4. The van der Waals surface area contributed by atoms with E-state index in [1.54, 1.807) is 56.7 Å². The first-order valence-corrected chi connectivity index (χ1v) is 8.55. The van der Waals surface area contributed by atoms with E-state index in [0.717, 1.165) is 5.56 Å². The minimum Gasteiger partial charge on any atom is -0.497 e. The second-order valence-corrected chi connectivity index (χ2v) is 6.14. The summed E-state index contributed by atoms with van der Waals surface area (Å²) >= 11 is 0. The van der Waals surface area contributed by atoms with Crippen molar-refractivity contribution in [1.29, 1.82) is 0 Å². The lowest BCUT2D eigenvalue weighted by molar-refractivity contribution is 0.104. The number of methoxy groups -OCH3 is 2. The van der Waals surface area contributed by atoms with Crippen LogP contribution in [0.3, 0.4) is 0 Å². The van der Waals surface area contributed by atoms with Crippen LogP contribution in [0.25, 0.3) is 6.08 Å². The maximum atomic E-state index is 12.4. The molecule has 0 unspecified atom stereocenters. The molecule has 0 atom stereocenters. The van der Waals surface area contributed by atoms with E-state index < -0.39 is 0 Å². The number of allylic oxidation sites excluding steroid dienone is 1. The van der Waals surface area contributed by atoms with Crippen LogP contribution in [0.5, 0.6) is 11.5 Å². The first kappa shape index (κ1) is 20.0. The third kappa shape index (κ3) is 5.88. The Labute approximate surface area is 159 Å². The lowest BCUT2D eigenvalue weighted by atomic mass is 10.1. The molecule has 27 heavy (non-hydrogen) atoms. The quantitative estimate of drug-likeness (QED) is 0.569. The third-order valence-electron chi connectivity index (χ3n) is 3.70. The monoisotopic (exact) mass is 368 g/mol. The van der Waals surface area contributed by atoms with Crippen LogP contribution in [-0.4, -0.2) is 32.1 Å². The number of hydrogen-bond donors (Lipinski definition) is 2. The number of rotatable bonds is 7. The molecule has 0 bridgehead atoms. The van der Waals surface area contributed by atoms with Crippen molar-refractivity contribution in [2.75, 3.05) is 19.5 Å². The molecule has 2 N–H and O–H groups in total. The van der Waals surface area contributed by atoms with E-state index in [-0.39, 0.29) is 17.9 Å². The zero-order valence-corrected chi connectivity index (χ0v) is 15.9. The minimum absolute atomic E-state index is 0.0472. The highest BCUT2D eigenvalue weighted by Crippen LogP contribution is 2.25. The first-order valence-electron chi connectivity index (χ1n) is 8.55. The van der Waals surface area contributed by atoms with Crippen LogP contribution in [0, 0.1) is 0 Å². The van der Waals surface area contributed by atoms with E-state index in [4.69, 9.17) is 9.47 Å². The van der Waals surface area contributed by atoms with Crippen LogP contribution in [0.1, 0.15) is 29.8 Å². The largest absolute Gasteiger partial charge is 0.497 e. The molecule has 0 spiro atoms. The molecule has 0 heterocycles. The number of carbonyl (C=O) groups is 2. The van der Waals surface area contributed by atoms with Gasteiger partial charge in [0.1, 0.15) is 11.5 Å². The molecule has 0 radical (unpaired) electrons. The third-order valence-corrected chi connectivity index (χ3v) is 3.70. The second-order valence-electron chi connectivity index (χ2n) is 6.14. The van der Waals surface area contributed by atoms with Crippen LogP contribution in [0.2, 0.25) is 0 Å². The molecule has 0 aromatic heterocycles. The SMILES string of the molecule is COc1ccc(/C=C/C(=O)c2ccc(NC(=O)NC(C)C)cc2)c(OC)c1. The molecule has 2 aromatic carbocycles. The lowest BCUT2D eigenvalue weighted by Crippen LogP contribution is -2.34. The summed E-state index contributed by atoms with van der Waals surface area (Å²) in [6, 6.07) is 11.9. The molecule has 0 aliphatic heterocycles. The highest BCUT2D eigenvalue weighted by molar-refractivity contribution is 6.07. The Kier molecular flexibility index (Phi) is 7.00. The summed E-state index contributed by atoms with van der Waals surface area (Å²) in [7, 11) is 3.15. The van der Waals surface area contributed by atoms with Gasteiger partial charge in [0.05, 0.1) is 14.2 Å². The molecule has 0 saturated carbocycles. The average molecular weight is 368 g/mol. The average Bonchev–Trinajstić information content (AvgIpc) is 2.65. The molecule has 142 valence electrons. The van der Waals surface area contributed by atoms with E-state index >= 15 is 0 Å². The maximum Gasteiger partial charge on any atom is 0.319 e. The van der Waals surface area contributed by atoms with Gasteiger partial charge in [-0.1, -0.05) is 0 Å². The molecular weight excluding hydrogens is 344 g/mol. The van der Waals surface area contributed by atoms with Crippen LogP contribution in [0.15, 0.2) is 48.5 Å². The molecule has 6 heteroatoms. The van der Waals surface area contributed by atoms with Gasteiger partial charge in [-0.15, -0.1) is 0 Å². The zero-order valence-electron chi connectivity index (χ0n) is 15.9. The lowest BCUT2D eigenvalue weighted by Gasteiger charge is -2.10. The molecule has 0 aliphatic rings. The maximum absolute atomic E-state index is 12.4. The van der Waals surface area contributed by atoms with E-state index in [2.05, 4.69) is 10.6 Å². The minimum atomic E-state index is -0.282. The zero-order chi connectivity index (χ0) is 19.8. The summed E-state index contributed by atoms with van der Waals surface area (Å²) in [5.74, 6) is 1.15. The first-order chi connectivity index (χ1) is 12.9. The van der Waals surface area contributed by atoms with Gasteiger partial charge in [0.25, 0.3) is 0 Å². The number of nitrogens with one attached hydrogen (secondary N) is 2. The van der Waals surface area contributed by atoms with Gasteiger partial charge in [-0.25, -0.2) is 4.79 Å². The Morgan fingerprint density at radius 2 is 1.70 bits per heavy atom. The highest BCUT2D eigenvalue weighted by Gasteiger charge is 2.07. The Bertz CT molecular complexity index is 827. The number of anilines is 1. The van der Waals surface area contributed by atoms with E-state index in [1.165, 1.54) is 6.08 Å². The van der Waals surface area contributed by atoms with Crippen molar-refractivity contribution in [2.45, 2.75) is 19.9 Å². The highest BCUT2D eigenvalue weighted by atomic mass is 16.5. The number of hydrogen-bond acceptors (Lipinski definition) is 4. The van der Waals surface area contributed by atoms with Gasteiger partial charge in [-0.3, -0.25) is 4.79 Å². The van der Waals surface area contributed by atoms with Gasteiger partial charge in [0.15, 0.2) is 5.78 Å². The molecule has 0 aliphatic carbocycles. The smallest absolute Gasteiger partial charge is 0.319 e. The summed E-state index contributed by atoms with van der Waals surface area (Å²) < 4.78 is 10.5. The van der Waals surface area contributed by atoms with Gasteiger partial charge >= 0.3 is 6.03 Å². The van der Waals surface area contributed by atoms with Crippen LogP contribution < -0.4 is 20.1 Å². The molecule has 0 fully saturated rings. The molecule has 6 nitrogen and oxygen atoms in total. The predicted octanol–water partition coefficient (Wildman–Crippen LogP) is 4.13. The molecule has 2 aromatic rings. The Morgan fingerprint density at radius 3 is 2.30 bits per heavy atom. The number of carbonyl (C=O) groups excluding carboxylic acids is 2. The fraction of sp³-hybridized carbons (Fsp3) is 0.238. The van der Waals surface area contributed by atoms with E-state index in [1.807, 2.05) is 19.9 Å². The fourth-order valence-corrected chi connectivity index (χ4v) is 2.37. The van der Waals surface area contributed by atoms with Gasteiger partial charge in [0.2, 0.25) is 0 Å². The van der Waals surface area contributed by atoms with Crippen LogP contribution in [0.4, 0.5) is 10.5 Å². The predicted molar refractivity (Wildman–Crippen MR) is 107 cm³/mol. The number of benzene rings is 2. The standard InChI is InChI=1S/C21H24N2O4/c1-14(2)22-21(25)23-17-9-5-15(6-10-17)19(24)12-8-16-7-11-18(26-3)13-20(16)27-4/h5-14H,1-4H3,(H2,22,23,25)/b12-8+. The van der Waals surface area contributed by atoms with Crippen molar-refractivity contribution >= 4 is 23.6 Å². The van der Waals surface area contributed by atoms with Gasteiger partial charge in [0, 0.05) is 28.9 Å². The van der Waals surface area contributed by atoms with Crippen molar-refractivity contribution in [2.24, 2.45) is 0 Å². The second kappa shape index (κ2) is 9.43. The topological polar surface area (TPSA) is 76.7 Å². The van der Waals surface area contributed by atoms with Crippen molar-refractivity contribution in [3.63, 3.8) is 0 Å². The van der Waals surface area contributed by atoms with Crippen LogP contribution >= 0.6 is 0 Å². The van der Waals surface area contributed by atoms with Crippen LogP contribution in [-0.2, 0) is 0 Å². The molecule has 0 saturated heterocycles. The summed E-state index contributed by atoms with van der Waals surface area (Å²) in [5.41, 5.74) is 1.91. The van der Waals surface area contributed by atoms with Gasteiger partial charge in [-0.05, 0) is 62.4 Å². The van der Waals surface area contributed by atoms with Crippen molar-refractivity contribution in [3.05, 3.63) is 59.7 Å². The Balaban J connectivity index is 2.06. The summed E-state index contributed by atoms with van der Waals surface area (Å²) in [6.45, 7) is 3.76. The molecule has 2 rings (SSSR count). The number of ether oxygens (including phenoxy) is 2. The number of ketones is 1. The van der Waals surface area contributed by atoms with E-state index in [9.17, 15) is 9.59 Å².